The minimum absolute atomic E-state index is 0.217. The summed E-state index contributed by atoms with van der Waals surface area (Å²) >= 11 is 1.52. The zero-order valence-corrected chi connectivity index (χ0v) is 20.4. The predicted molar refractivity (Wildman–Crippen MR) is 137 cm³/mol. The molecular weight excluding hydrogens is 464 g/mol. The number of fused-ring (bicyclic) bond motifs is 2. The number of carbonyl (C=O) groups is 1. The van der Waals surface area contributed by atoms with E-state index in [9.17, 15) is 4.79 Å². The van der Waals surface area contributed by atoms with Crippen LogP contribution in [0.5, 0.6) is 0 Å². The van der Waals surface area contributed by atoms with E-state index in [1.165, 1.54) is 24.4 Å². The van der Waals surface area contributed by atoms with Crippen LogP contribution in [0.25, 0.3) is 22.3 Å². The monoisotopic (exact) mass is 490 g/mol. The molecule has 0 saturated heterocycles. The Hall–Kier alpha value is -4.06. The van der Waals surface area contributed by atoms with E-state index in [0.717, 1.165) is 35.1 Å². The van der Waals surface area contributed by atoms with E-state index in [2.05, 4.69) is 64.4 Å². The summed E-state index contributed by atoms with van der Waals surface area (Å²) in [6, 6.07) is 8.94. The van der Waals surface area contributed by atoms with Gasteiger partial charge >= 0.3 is 0 Å². The minimum Gasteiger partial charge on any atom is -0.368 e. The van der Waals surface area contributed by atoms with Crippen LogP contribution in [0.15, 0.2) is 54.5 Å². The van der Waals surface area contributed by atoms with E-state index in [4.69, 9.17) is 0 Å². The van der Waals surface area contributed by atoms with Gasteiger partial charge in [0, 0.05) is 12.1 Å². The van der Waals surface area contributed by atoms with Crippen molar-refractivity contribution in [3.8, 4) is 0 Å². The number of hydrogen-bond donors (Lipinski definition) is 4. The molecule has 0 unspecified atom stereocenters. The van der Waals surface area contributed by atoms with Gasteiger partial charge < -0.3 is 20.6 Å². The third-order valence-electron chi connectivity index (χ3n) is 4.95. The number of benzene rings is 1. The summed E-state index contributed by atoms with van der Waals surface area (Å²) < 4.78 is 0. The average Bonchev–Trinajstić information content (AvgIpc) is 3.55. The van der Waals surface area contributed by atoms with Crippen molar-refractivity contribution in [1.29, 1.82) is 0 Å². The van der Waals surface area contributed by atoms with Crippen molar-refractivity contribution in [1.82, 2.24) is 39.9 Å². The van der Waals surface area contributed by atoms with Gasteiger partial charge in [-0.25, -0.2) is 29.9 Å². The van der Waals surface area contributed by atoms with Crippen molar-refractivity contribution >= 4 is 51.6 Å². The number of carbonyl (C=O) groups excluding carboxylic acids is 1. The molecule has 0 aliphatic rings. The number of thioether (sulfide) groups is 1. The standard InChI is InChI=1S/C12H9N5O.C11H17N5S/c18-12(8-4-2-1-3-5-8)17-11-9-10(14-6-13-9)15-7-16-11;1-7(2)4-5-12-9-8-10(14-6-13-8)16-11(15-9)17-3/h1-7H,(H2,13,14,15,16,17,18);6-7H,4-5H2,1-3H3,(H2,12,13,14,15,16). The van der Waals surface area contributed by atoms with Gasteiger partial charge in [-0.1, -0.05) is 43.8 Å². The quantitative estimate of drug-likeness (QED) is 0.195. The van der Waals surface area contributed by atoms with Gasteiger partial charge in [0.25, 0.3) is 5.91 Å². The number of rotatable bonds is 7. The second-order valence-electron chi connectivity index (χ2n) is 7.91. The van der Waals surface area contributed by atoms with E-state index >= 15 is 0 Å². The van der Waals surface area contributed by atoms with Crippen LogP contribution in [0.3, 0.4) is 0 Å². The zero-order chi connectivity index (χ0) is 24.6. The maximum Gasteiger partial charge on any atom is 0.256 e. The first kappa shape index (κ1) is 24.1. The molecule has 4 heterocycles. The number of amides is 1. The smallest absolute Gasteiger partial charge is 0.256 e. The Balaban J connectivity index is 0.000000165. The number of anilines is 2. The summed E-state index contributed by atoms with van der Waals surface area (Å²) in [7, 11) is 0. The van der Waals surface area contributed by atoms with Crippen LogP contribution in [-0.2, 0) is 0 Å². The van der Waals surface area contributed by atoms with Crippen LogP contribution < -0.4 is 10.6 Å². The molecule has 0 radical (unpaired) electrons. The van der Waals surface area contributed by atoms with Crippen LogP contribution in [-0.4, -0.2) is 58.6 Å². The van der Waals surface area contributed by atoms with Crippen LogP contribution in [0.1, 0.15) is 30.6 Å². The molecule has 1 aromatic carbocycles. The third kappa shape index (κ3) is 6.09. The molecule has 0 saturated carbocycles. The molecule has 12 heteroatoms. The van der Waals surface area contributed by atoms with Crippen molar-refractivity contribution in [2.75, 3.05) is 23.4 Å². The van der Waals surface area contributed by atoms with Crippen LogP contribution in [0.2, 0.25) is 0 Å². The van der Waals surface area contributed by atoms with Crippen LogP contribution in [0, 0.1) is 5.92 Å². The highest BCUT2D eigenvalue weighted by molar-refractivity contribution is 7.98. The molecule has 5 aromatic rings. The molecule has 5 rings (SSSR count). The van der Waals surface area contributed by atoms with E-state index in [0.29, 0.717) is 28.5 Å². The number of nitrogens with zero attached hydrogens (tertiary/aromatic N) is 6. The Morgan fingerprint density at radius 1 is 0.943 bits per heavy atom. The van der Waals surface area contributed by atoms with Gasteiger partial charge in [0.05, 0.1) is 12.7 Å². The molecule has 0 fully saturated rings. The fourth-order valence-electron chi connectivity index (χ4n) is 3.14. The fourth-order valence-corrected chi connectivity index (χ4v) is 3.50. The normalized spacial score (nSPS) is 10.9. The van der Waals surface area contributed by atoms with Gasteiger partial charge in [-0.05, 0) is 30.7 Å². The highest BCUT2D eigenvalue weighted by Crippen LogP contribution is 2.20. The molecule has 4 N–H and O–H groups in total. The SMILES string of the molecule is CSc1nc(NCCC(C)C)c2[nH]cnc2n1.O=C(Nc1ncnc2nc[nH]c12)c1ccccc1. The molecule has 0 spiro atoms. The minimum atomic E-state index is -0.217. The second kappa shape index (κ2) is 11.4. The molecule has 0 bridgehead atoms. The Morgan fingerprint density at radius 3 is 2.37 bits per heavy atom. The molecule has 180 valence electrons. The van der Waals surface area contributed by atoms with E-state index in [-0.39, 0.29) is 5.91 Å². The molecular formula is C23H26N10OS. The summed E-state index contributed by atoms with van der Waals surface area (Å²) in [5, 5.41) is 6.82. The number of nitrogens with one attached hydrogen (secondary N) is 4. The zero-order valence-electron chi connectivity index (χ0n) is 19.6. The maximum absolute atomic E-state index is 12.0. The Morgan fingerprint density at radius 2 is 1.66 bits per heavy atom. The lowest BCUT2D eigenvalue weighted by Gasteiger charge is -2.08. The van der Waals surface area contributed by atoms with Crippen LogP contribution >= 0.6 is 11.8 Å². The third-order valence-corrected chi connectivity index (χ3v) is 5.50. The van der Waals surface area contributed by atoms with Crippen molar-refractivity contribution in [3.63, 3.8) is 0 Å². The van der Waals surface area contributed by atoms with Gasteiger partial charge in [-0.2, -0.15) is 0 Å². The van der Waals surface area contributed by atoms with Gasteiger partial charge in [0.2, 0.25) is 0 Å². The molecule has 4 aromatic heterocycles. The average molecular weight is 491 g/mol. The molecule has 11 nitrogen and oxygen atoms in total. The Labute approximate surface area is 206 Å². The number of imidazole rings is 2. The summed E-state index contributed by atoms with van der Waals surface area (Å²) in [6.07, 6.45) is 7.61. The summed E-state index contributed by atoms with van der Waals surface area (Å²) in [5.74, 6) is 1.73. The van der Waals surface area contributed by atoms with Gasteiger partial charge in [-0.3, -0.25) is 4.79 Å². The van der Waals surface area contributed by atoms with Crippen molar-refractivity contribution < 1.29 is 4.79 Å². The first-order valence-electron chi connectivity index (χ1n) is 11.0. The second-order valence-corrected chi connectivity index (χ2v) is 8.69. The maximum atomic E-state index is 12.0. The number of H-pyrrole nitrogens is 2. The summed E-state index contributed by atoms with van der Waals surface area (Å²) in [5.41, 5.74) is 3.31. The molecule has 0 atom stereocenters. The van der Waals surface area contributed by atoms with E-state index < -0.39 is 0 Å². The topological polar surface area (TPSA) is 150 Å². The Kier molecular flexibility index (Phi) is 7.83. The number of aromatic amines is 2. The van der Waals surface area contributed by atoms with Gasteiger partial charge in [-0.15, -0.1) is 0 Å². The van der Waals surface area contributed by atoms with Gasteiger partial charge in [0.15, 0.2) is 28.1 Å². The largest absolute Gasteiger partial charge is 0.368 e. The lowest BCUT2D eigenvalue weighted by Crippen LogP contribution is -2.13. The van der Waals surface area contributed by atoms with Crippen molar-refractivity contribution in [3.05, 3.63) is 54.9 Å². The summed E-state index contributed by atoms with van der Waals surface area (Å²) in [4.78, 5) is 42.9. The first-order chi connectivity index (χ1) is 17.0. The molecule has 0 aliphatic carbocycles. The fraction of sp³-hybridized carbons (Fsp3) is 0.261. The number of aromatic nitrogens is 8. The van der Waals surface area contributed by atoms with Crippen LogP contribution in [0.4, 0.5) is 11.6 Å². The van der Waals surface area contributed by atoms with E-state index in [1.807, 2.05) is 12.3 Å². The first-order valence-corrected chi connectivity index (χ1v) is 12.3. The predicted octanol–water partition coefficient (Wildman–Crippen LogP) is 4.14. The molecule has 35 heavy (non-hydrogen) atoms. The molecule has 1 amide bonds. The molecule has 0 aliphatic heterocycles. The summed E-state index contributed by atoms with van der Waals surface area (Å²) in [6.45, 7) is 5.33. The lowest BCUT2D eigenvalue weighted by atomic mass is 10.1. The van der Waals surface area contributed by atoms with Crippen molar-refractivity contribution in [2.45, 2.75) is 25.4 Å². The van der Waals surface area contributed by atoms with E-state index in [1.54, 1.807) is 30.6 Å². The Bertz CT molecular complexity index is 1400. The number of hydrogen-bond acceptors (Lipinski definition) is 9. The highest BCUT2D eigenvalue weighted by Gasteiger charge is 2.11. The lowest BCUT2D eigenvalue weighted by molar-refractivity contribution is 0.102. The van der Waals surface area contributed by atoms with Gasteiger partial charge in [0.1, 0.15) is 17.4 Å². The van der Waals surface area contributed by atoms with Crippen molar-refractivity contribution in [2.24, 2.45) is 5.92 Å². The highest BCUT2D eigenvalue weighted by atomic mass is 32.2.